The number of rotatable bonds is 1. The van der Waals surface area contributed by atoms with E-state index in [1.165, 1.54) is 11.1 Å². The van der Waals surface area contributed by atoms with Crippen LogP contribution in [0.5, 0.6) is 0 Å². The summed E-state index contributed by atoms with van der Waals surface area (Å²) in [6.07, 6.45) is 0. The molecule has 70 valence electrons. The summed E-state index contributed by atoms with van der Waals surface area (Å²) in [4.78, 5) is 0. The molecule has 0 saturated carbocycles. The van der Waals surface area contributed by atoms with Gasteiger partial charge in [0.2, 0.25) is 0 Å². The maximum absolute atomic E-state index is 2.24. The van der Waals surface area contributed by atoms with Crippen molar-refractivity contribution in [1.29, 1.82) is 0 Å². The molecule has 1 rings (SSSR count). The molecule has 0 aliphatic carbocycles. The molecular weight excluding hydrogens is 144 g/mol. The van der Waals surface area contributed by atoms with Crippen LogP contribution >= 0.6 is 0 Å². The van der Waals surface area contributed by atoms with E-state index in [1.54, 1.807) is 0 Å². The van der Waals surface area contributed by atoms with Crippen molar-refractivity contribution in [2.75, 3.05) is 0 Å². The van der Waals surface area contributed by atoms with Crippen LogP contribution in [0.1, 0.15) is 46.2 Å². The first-order valence-corrected chi connectivity index (χ1v) is 4.76. The van der Waals surface area contributed by atoms with Crippen molar-refractivity contribution in [1.82, 2.24) is 0 Å². The summed E-state index contributed by atoms with van der Waals surface area (Å²) in [5.74, 6) is 0.653. The Morgan fingerprint density at radius 3 is 2.08 bits per heavy atom. The van der Waals surface area contributed by atoms with E-state index in [0.717, 1.165) is 0 Å². The van der Waals surface area contributed by atoms with Gasteiger partial charge in [0.25, 0.3) is 0 Å². The zero-order valence-electron chi connectivity index (χ0n) is 8.89. The van der Waals surface area contributed by atoms with Crippen molar-refractivity contribution < 1.29 is 1.43 Å². The van der Waals surface area contributed by atoms with Crippen LogP contribution in [0.15, 0.2) is 24.3 Å². The van der Waals surface area contributed by atoms with E-state index in [4.69, 9.17) is 0 Å². The Kier molecular flexibility index (Phi) is 5.44. The molecule has 1 aromatic carbocycles. The lowest BCUT2D eigenvalue weighted by Crippen LogP contribution is -1.86. The van der Waals surface area contributed by atoms with Gasteiger partial charge in [-0.3, -0.25) is 0 Å². The van der Waals surface area contributed by atoms with Crippen molar-refractivity contribution >= 4 is 0 Å². The normalized spacial score (nSPS) is 9.17. The fourth-order valence-corrected chi connectivity index (χ4v) is 1.03. The van der Waals surface area contributed by atoms with Gasteiger partial charge in [-0.1, -0.05) is 57.5 Å². The highest BCUT2D eigenvalue weighted by molar-refractivity contribution is 5.24. The summed E-state index contributed by atoms with van der Waals surface area (Å²) >= 11 is 0. The minimum Gasteiger partial charge on any atom is -0.0683 e. The van der Waals surface area contributed by atoms with Gasteiger partial charge < -0.3 is 0 Å². The van der Waals surface area contributed by atoms with Crippen molar-refractivity contribution in [3.05, 3.63) is 35.4 Å². The predicted octanol–water partition coefficient (Wildman–Crippen LogP) is 4.39. The van der Waals surface area contributed by atoms with Crippen LogP contribution in [0.25, 0.3) is 0 Å². The molecule has 0 aromatic heterocycles. The molecule has 1 aromatic rings. The smallest absolute Gasteiger partial charge is 0 e. The van der Waals surface area contributed by atoms with Gasteiger partial charge in [0.15, 0.2) is 0 Å². The van der Waals surface area contributed by atoms with Crippen LogP contribution in [0.4, 0.5) is 0 Å². The van der Waals surface area contributed by atoms with Crippen LogP contribution in [-0.2, 0) is 0 Å². The topological polar surface area (TPSA) is 0 Å². The zero-order chi connectivity index (χ0) is 9.56. The summed E-state index contributed by atoms with van der Waals surface area (Å²) in [6.45, 7) is 10.6. The largest absolute Gasteiger partial charge is 0.0683 e. The first-order chi connectivity index (χ1) is 5.70. The highest BCUT2D eigenvalue weighted by Crippen LogP contribution is 2.14. The van der Waals surface area contributed by atoms with E-state index >= 15 is 0 Å². The predicted molar refractivity (Wildman–Crippen MR) is 58.7 cm³/mol. The van der Waals surface area contributed by atoms with Crippen LogP contribution in [0, 0.1) is 6.92 Å². The second kappa shape index (κ2) is 5.82. The molecule has 0 amide bonds. The Hall–Kier alpha value is -0.780. The van der Waals surface area contributed by atoms with Gasteiger partial charge in [-0.2, -0.15) is 0 Å². The maximum Gasteiger partial charge on any atom is 0 e. The minimum absolute atomic E-state index is 0. The Bertz CT molecular complexity index is 216. The second-order valence-corrected chi connectivity index (χ2v) is 3.07. The third-order valence-electron chi connectivity index (χ3n) is 1.71. The average Bonchev–Trinajstić information content (AvgIpc) is 2.08. The minimum atomic E-state index is 0. The second-order valence-electron chi connectivity index (χ2n) is 3.07. The number of aryl methyl sites for hydroxylation is 1. The Labute approximate surface area is 78.1 Å². The molecule has 0 bridgehead atoms. The van der Waals surface area contributed by atoms with Crippen molar-refractivity contribution in [2.45, 2.75) is 40.5 Å². The van der Waals surface area contributed by atoms with Gasteiger partial charge in [0.05, 0.1) is 0 Å². The van der Waals surface area contributed by atoms with E-state index in [1.807, 2.05) is 13.8 Å². The van der Waals surface area contributed by atoms with Gasteiger partial charge in [0.1, 0.15) is 0 Å². The molecule has 0 heteroatoms. The Morgan fingerprint density at radius 2 is 1.75 bits per heavy atom. The highest BCUT2D eigenvalue weighted by Gasteiger charge is 1.96. The molecule has 0 unspecified atom stereocenters. The van der Waals surface area contributed by atoms with Gasteiger partial charge in [-0.05, 0) is 18.4 Å². The number of hydrogen-bond acceptors (Lipinski definition) is 0. The molecule has 12 heavy (non-hydrogen) atoms. The van der Waals surface area contributed by atoms with Crippen molar-refractivity contribution in [3.8, 4) is 0 Å². The van der Waals surface area contributed by atoms with Crippen LogP contribution in [-0.4, -0.2) is 0 Å². The molecule has 0 saturated heterocycles. The Morgan fingerprint density at radius 1 is 1.17 bits per heavy atom. The van der Waals surface area contributed by atoms with E-state index in [0.29, 0.717) is 5.92 Å². The quantitative estimate of drug-likeness (QED) is 0.582. The maximum atomic E-state index is 2.24. The van der Waals surface area contributed by atoms with Crippen molar-refractivity contribution in [2.24, 2.45) is 0 Å². The molecule has 0 atom stereocenters. The highest BCUT2D eigenvalue weighted by atomic mass is 14.0. The third kappa shape index (κ3) is 3.56. The SMILES string of the molecule is CC.Cc1cccc(C(C)C)c1.[2HH]. The van der Waals surface area contributed by atoms with Gasteiger partial charge in [-0.25, -0.2) is 0 Å². The number of hydrogen-bond donors (Lipinski definition) is 0. The molecule has 0 spiro atoms. The average molecular weight is 167 g/mol. The molecule has 0 radical (unpaired) electrons. The third-order valence-corrected chi connectivity index (χ3v) is 1.71. The Balaban J connectivity index is 0. The lowest BCUT2D eigenvalue weighted by atomic mass is 10.0. The molecule has 0 heterocycles. The fourth-order valence-electron chi connectivity index (χ4n) is 1.03. The van der Waals surface area contributed by atoms with E-state index in [2.05, 4.69) is 45.0 Å². The zero-order valence-corrected chi connectivity index (χ0v) is 8.89. The molecular formula is C12H22. The molecule has 0 N–H and O–H groups in total. The lowest BCUT2D eigenvalue weighted by molar-refractivity contribution is 0.865. The van der Waals surface area contributed by atoms with Crippen LogP contribution < -0.4 is 0 Å². The van der Waals surface area contributed by atoms with Gasteiger partial charge in [-0.15, -0.1) is 0 Å². The van der Waals surface area contributed by atoms with E-state index < -0.39 is 0 Å². The first-order valence-electron chi connectivity index (χ1n) is 4.76. The lowest BCUT2D eigenvalue weighted by Gasteiger charge is -2.04. The number of benzene rings is 1. The molecule has 0 aliphatic heterocycles. The molecule has 0 aliphatic rings. The standard InChI is InChI=1S/C10H14.C2H6.H2/c1-8(2)10-6-4-5-9(3)7-10;1-2;/h4-8H,1-3H3;1-2H3;1H/i;;1+1. The summed E-state index contributed by atoms with van der Waals surface area (Å²) in [5.41, 5.74) is 2.78. The summed E-state index contributed by atoms with van der Waals surface area (Å²) in [7, 11) is 0. The first kappa shape index (κ1) is 11.2. The fraction of sp³-hybridized carbons (Fsp3) is 0.500. The molecule has 0 fully saturated rings. The monoisotopic (exact) mass is 167 g/mol. The summed E-state index contributed by atoms with van der Waals surface area (Å²) in [5, 5.41) is 0. The van der Waals surface area contributed by atoms with Crippen LogP contribution in [0.3, 0.4) is 0 Å². The van der Waals surface area contributed by atoms with Gasteiger partial charge in [0, 0.05) is 1.43 Å². The summed E-state index contributed by atoms with van der Waals surface area (Å²) < 4.78 is 0. The summed E-state index contributed by atoms with van der Waals surface area (Å²) in [6, 6.07) is 8.67. The van der Waals surface area contributed by atoms with E-state index in [-0.39, 0.29) is 1.43 Å². The van der Waals surface area contributed by atoms with Crippen LogP contribution in [0.2, 0.25) is 0 Å². The van der Waals surface area contributed by atoms with Crippen molar-refractivity contribution in [3.63, 3.8) is 0 Å². The van der Waals surface area contributed by atoms with E-state index in [9.17, 15) is 0 Å². The van der Waals surface area contributed by atoms with Gasteiger partial charge >= 0.3 is 0 Å². The molecule has 0 nitrogen and oxygen atoms in total.